The molecule has 0 unspecified atom stereocenters. The standard InChI is InChI=1S/C30H20N2/c1-2-8-18(9-3-1)19-14-15-24-23(16-19)28-25(31-24)17-22-20-10-4-6-12-26(20)32-27-13-7-5-11-21(27)29(28)30(22)32/h2,4-17,31H,1,3H2. The Labute approximate surface area is 184 Å². The van der Waals surface area contributed by atoms with Crippen molar-refractivity contribution in [3.8, 4) is 0 Å². The first-order valence-corrected chi connectivity index (χ1v) is 11.4. The topological polar surface area (TPSA) is 20.2 Å². The van der Waals surface area contributed by atoms with Gasteiger partial charge in [-0.2, -0.15) is 0 Å². The van der Waals surface area contributed by atoms with Crippen LogP contribution in [0.4, 0.5) is 0 Å². The van der Waals surface area contributed by atoms with Crippen LogP contribution in [0.3, 0.4) is 0 Å². The van der Waals surface area contributed by atoms with Crippen LogP contribution in [0.15, 0.2) is 91.0 Å². The molecule has 2 heteroatoms. The maximum absolute atomic E-state index is 3.74. The number of para-hydroxylation sites is 2. The fourth-order valence-corrected chi connectivity index (χ4v) is 5.91. The number of aromatic amines is 1. The second kappa shape index (κ2) is 5.80. The fourth-order valence-electron chi connectivity index (χ4n) is 5.91. The van der Waals surface area contributed by atoms with E-state index >= 15 is 0 Å². The van der Waals surface area contributed by atoms with Crippen molar-refractivity contribution in [2.24, 2.45) is 0 Å². The van der Waals surface area contributed by atoms with E-state index in [1.165, 1.54) is 71.0 Å². The Hall–Kier alpha value is -4.04. The van der Waals surface area contributed by atoms with E-state index in [-0.39, 0.29) is 0 Å². The van der Waals surface area contributed by atoms with Gasteiger partial charge >= 0.3 is 0 Å². The predicted molar refractivity (Wildman–Crippen MR) is 137 cm³/mol. The maximum Gasteiger partial charge on any atom is 0.0628 e. The highest BCUT2D eigenvalue weighted by Crippen LogP contribution is 2.45. The van der Waals surface area contributed by atoms with Crippen LogP contribution in [-0.2, 0) is 0 Å². The highest BCUT2D eigenvalue weighted by Gasteiger charge is 2.21. The fraction of sp³-hybridized carbons (Fsp3) is 0.0667. The van der Waals surface area contributed by atoms with Crippen LogP contribution >= 0.6 is 0 Å². The molecule has 150 valence electrons. The summed E-state index contributed by atoms with van der Waals surface area (Å²) in [6.07, 6.45) is 9.18. The summed E-state index contributed by atoms with van der Waals surface area (Å²) < 4.78 is 2.46. The summed E-state index contributed by atoms with van der Waals surface area (Å²) in [4.78, 5) is 3.74. The number of nitrogens with one attached hydrogen (secondary N) is 1. The first-order valence-electron chi connectivity index (χ1n) is 11.4. The molecule has 0 saturated carbocycles. The quantitative estimate of drug-likeness (QED) is 0.282. The van der Waals surface area contributed by atoms with Crippen LogP contribution in [0.2, 0.25) is 0 Å². The van der Waals surface area contributed by atoms with Crippen LogP contribution < -0.4 is 0 Å². The Morgan fingerprint density at radius 2 is 1.47 bits per heavy atom. The van der Waals surface area contributed by atoms with Gasteiger partial charge < -0.3 is 9.38 Å². The van der Waals surface area contributed by atoms with E-state index in [1.807, 2.05) is 0 Å². The third-order valence-corrected chi connectivity index (χ3v) is 7.26. The largest absolute Gasteiger partial charge is 0.354 e. The Morgan fingerprint density at radius 3 is 2.31 bits per heavy atom. The molecule has 3 aromatic heterocycles. The Morgan fingerprint density at radius 1 is 0.656 bits per heavy atom. The summed E-state index contributed by atoms with van der Waals surface area (Å²) in [5.41, 5.74) is 8.95. The number of fused-ring (bicyclic) bond motifs is 10. The number of allylic oxidation sites excluding steroid dienone is 4. The molecule has 0 spiro atoms. The van der Waals surface area contributed by atoms with Crippen molar-refractivity contribution < 1.29 is 0 Å². The van der Waals surface area contributed by atoms with Crippen molar-refractivity contribution in [1.82, 2.24) is 9.38 Å². The van der Waals surface area contributed by atoms with Gasteiger partial charge in [0.15, 0.2) is 0 Å². The van der Waals surface area contributed by atoms with Gasteiger partial charge in [-0.3, -0.25) is 0 Å². The van der Waals surface area contributed by atoms with Crippen molar-refractivity contribution in [1.29, 1.82) is 0 Å². The molecule has 0 saturated heterocycles. The molecular formula is C30H20N2. The van der Waals surface area contributed by atoms with Crippen LogP contribution in [0.1, 0.15) is 18.4 Å². The van der Waals surface area contributed by atoms with Gasteiger partial charge in [-0.15, -0.1) is 0 Å². The Kier molecular flexibility index (Phi) is 3.01. The van der Waals surface area contributed by atoms with E-state index in [9.17, 15) is 0 Å². The smallest absolute Gasteiger partial charge is 0.0628 e. The SMILES string of the molecule is C1=CC(c2ccc3[nH]c4cc5c6ccccc6n6c7ccccc7c(c4c3c2)c56)=CCC1. The molecular weight excluding hydrogens is 388 g/mol. The van der Waals surface area contributed by atoms with Gasteiger partial charge in [-0.25, -0.2) is 0 Å². The number of hydrogen-bond acceptors (Lipinski definition) is 0. The van der Waals surface area contributed by atoms with Crippen molar-refractivity contribution >= 4 is 65.5 Å². The number of benzene rings is 4. The molecule has 0 radical (unpaired) electrons. The Bertz CT molecular complexity index is 1920. The summed E-state index contributed by atoms with van der Waals surface area (Å²) in [5, 5.41) is 7.97. The molecule has 4 aromatic carbocycles. The van der Waals surface area contributed by atoms with Gasteiger partial charge in [-0.1, -0.05) is 60.7 Å². The molecule has 3 heterocycles. The van der Waals surface area contributed by atoms with Crippen LogP contribution in [0.25, 0.3) is 65.5 Å². The van der Waals surface area contributed by atoms with Crippen molar-refractivity contribution in [3.05, 3.63) is 96.6 Å². The summed E-state index contributed by atoms with van der Waals surface area (Å²) in [6, 6.07) is 26.9. The minimum absolute atomic E-state index is 1.12. The number of aromatic nitrogens is 2. The second-order valence-corrected chi connectivity index (χ2v) is 8.96. The van der Waals surface area contributed by atoms with E-state index in [1.54, 1.807) is 0 Å². The predicted octanol–water partition coefficient (Wildman–Crippen LogP) is 8.20. The zero-order valence-corrected chi connectivity index (χ0v) is 17.5. The summed E-state index contributed by atoms with van der Waals surface area (Å²) in [6.45, 7) is 0. The van der Waals surface area contributed by atoms with Gasteiger partial charge in [0, 0.05) is 43.4 Å². The molecule has 0 fully saturated rings. The number of nitrogens with zero attached hydrogens (tertiary/aromatic N) is 1. The molecule has 0 amide bonds. The van der Waals surface area contributed by atoms with Gasteiger partial charge in [-0.05, 0) is 54.3 Å². The third kappa shape index (κ3) is 1.95. The van der Waals surface area contributed by atoms with E-state index < -0.39 is 0 Å². The van der Waals surface area contributed by atoms with Gasteiger partial charge in [0.25, 0.3) is 0 Å². The molecule has 1 aliphatic carbocycles. The average Bonchev–Trinajstić information content (AvgIpc) is 3.49. The van der Waals surface area contributed by atoms with E-state index in [0.717, 1.165) is 12.8 Å². The minimum atomic E-state index is 1.12. The molecule has 0 bridgehead atoms. The lowest BCUT2D eigenvalue weighted by Gasteiger charge is -2.07. The van der Waals surface area contributed by atoms with Crippen molar-refractivity contribution in [2.45, 2.75) is 12.8 Å². The van der Waals surface area contributed by atoms with Crippen molar-refractivity contribution in [3.63, 3.8) is 0 Å². The average molecular weight is 409 g/mol. The van der Waals surface area contributed by atoms with Crippen LogP contribution in [-0.4, -0.2) is 9.38 Å². The Balaban J connectivity index is 1.63. The molecule has 7 aromatic rings. The molecule has 1 N–H and O–H groups in total. The van der Waals surface area contributed by atoms with Crippen LogP contribution in [0, 0.1) is 0 Å². The van der Waals surface area contributed by atoms with Crippen molar-refractivity contribution in [2.75, 3.05) is 0 Å². The summed E-state index contributed by atoms with van der Waals surface area (Å²) in [5.74, 6) is 0. The lowest BCUT2D eigenvalue weighted by molar-refractivity contribution is 1.04. The first kappa shape index (κ1) is 16.6. The second-order valence-electron chi connectivity index (χ2n) is 8.96. The molecule has 32 heavy (non-hydrogen) atoms. The zero-order valence-electron chi connectivity index (χ0n) is 17.5. The molecule has 2 nitrogen and oxygen atoms in total. The molecule has 1 aliphatic rings. The highest BCUT2D eigenvalue weighted by molar-refractivity contribution is 6.35. The van der Waals surface area contributed by atoms with E-state index in [2.05, 4.69) is 100 Å². The normalized spacial score (nSPS) is 14.7. The lowest BCUT2D eigenvalue weighted by atomic mass is 9.97. The maximum atomic E-state index is 3.74. The van der Waals surface area contributed by atoms with E-state index in [0.29, 0.717) is 0 Å². The third-order valence-electron chi connectivity index (χ3n) is 7.26. The molecule has 0 atom stereocenters. The summed E-state index contributed by atoms with van der Waals surface area (Å²) in [7, 11) is 0. The minimum Gasteiger partial charge on any atom is -0.354 e. The zero-order chi connectivity index (χ0) is 20.8. The molecule has 0 aliphatic heterocycles. The summed E-state index contributed by atoms with van der Waals surface area (Å²) >= 11 is 0. The number of hydrogen-bond donors (Lipinski definition) is 1. The highest BCUT2D eigenvalue weighted by atomic mass is 14.9. The molecule has 8 rings (SSSR count). The monoisotopic (exact) mass is 408 g/mol. The van der Waals surface area contributed by atoms with Gasteiger partial charge in [0.05, 0.1) is 16.6 Å². The van der Waals surface area contributed by atoms with Gasteiger partial charge in [0.2, 0.25) is 0 Å². The lowest BCUT2D eigenvalue weighted by Crippen LogP contribution is -1.85. The van der Waals surface area contributed by atoms with Gasteiger partial charge in [0.1, 0.15) is 0 Å². The first-order chi connectivity index (χ1) is 15.9. The van der Waals surface area contributed by atoms with E-state index in [4.69, 9.17) is 0 Å². The number of H-pyrrole nitrogens is 1. The van der Waals surface area contributed by atoms with Crippen LogP contribution in [0.5, 0.6) is 0 Å². The number of rotatable bonds is 1.